The molecule has 4 nitrogen and oxygen atoms in total. The number of para-hydroxylation sites is 2. The summed E-state index contributed by atoms with van der Waals surface area (Å²) in [6.45, 7) is -0.502. The van der Waals surface area contributed by atoms with E-state index in [-0.39, 0.29) is 0 Å². The largest absolute Gasteiger partial charge is 0.456 e. The Morgan fingerprint density at radius 2 is 1.68 bits per heavy atom. The SMILES string of the molecule is OCC(O)C(O)c1cccc2c1oc1ccccc12. The highest BCUT2D eigenvalue weighted by Crippen LogP contribution is 2.33. The van der Waals surface area contributed by atoms with Gasteiger partial charge in [0.2, 0.25) is 0 Å². The van der Waals surface area contributed by atoms with Crippen LogP contribution in [0.25, 0.3) is 21.9 Å². The second-order valence-corrected chi connectivity index (χ2v) is 4.52. The third kappa shape index (κ3) is 1.90. The van der Waals surface area contributed by atoms with Gasteiger partial charge in [-0.1, -0.05) is 36.4 Å². The smallest absolute Gasteiger partial charge is 0.141 e. The molecular weight excluding hydrogens is 244 g/mol. The number of benzene rings is 2. The van der Waals surface area contributed by atoms with E-state index < -0.39 is 18.8 Å². The van der Waals surface area contributed by atoms with Crippen LogP contribution in [0.15, 0.2) is 46.9 Å². The molecule has 2 unspecified atom stereocenters. The summed E-state index contributed by atoms with van der Waals surface area (Å²) in [4.78, 5) is 0. The Balaban J connectivity index is 2.26. The number of rotatable bonds is 3. The molecule has 0 spiro atoms. The van der Waals surface area contributed by atoms with E-state index >= 15 is 0 Å². The molecule has 19 heavy (non-hydrogen) atoms. The second-order valence-electron chi connectivity index (χ2n) is 4.52. The summed E-state index contributed by atoms with van der Waals surface area (Å²) >= 11 is 0. The molecule has 0 aliphatic rings. The molecule has 3 N–H and O–H groups in total. The number of hydrogen-bond acceptors (Lipinski definition) is 4. The zero-order valence-electron chi connectivity index (χ0n) is 10.2. The van der Waals surface area contributed by atoms with Gasteiger partial charge in [-0.3, -0.25) is 0 Å². The van der Waals surface area contributed by atoms with Crippen molar-refractivity contribution in [3.63, 3.8) is 0 Å². The van der Waals surface area contributed by atoms with Crippen molar-refractivity contribution in [1.82, 2.24) is 0 Å². The maximum absolute atomic E-state index is 10.0. The molecule has 98 valence electrons. The third-order valence-electron chi connectivity index (χ3n) is 3.30. The lowest BCUT2D eigenvalue weighted by atomic mass is 10.0. The lowest BCUT2D eigenvalue weighted by Crippen LogP contribution is -2.22. The molecule has 2 atom stereocenters. The lowest BCUT2D eigenvalue weighted by molar-refractivity contribution is -0.0149. The summed E-state index contributed by atoms with van der Waals surface area (Å²) < 4.78 is 5.75. The van der Waals surface area contributed by atoms with Gasteiger partial charge in [-0.2, -0.15) is 0 Å². The fourth-order valence-corrected chi connectivity index (χ4v) is 2.31. The number of aliphatic hydroxyl groups is 3. The molecule has 3 rings (SSSR count). The normalized spacial score (nSPS) is 14.9. The van der Waals surface area contributed by atoms with Crippen molar-refractivity contribution >= 4 is 21.9 Å². The first-order chi connectivity index (χ1) is 9.22. The van der Waals surface area contributed by atoms with Crippen LogP contribution >= 0.6 is 0 Å². The average molecular weight is 258 g/mol. The Kier molecular flexibility index (Phi) is 2.98. The lowest BCUT2D eigenvalue weighted by Gasteiger charge is -2.15. The molecule has 0 saturated heterocycles. The van der Waals surface area contributed by atoms with Gasteiger partial charge < -0.3 is 19.7 Å². The minimum atomic E-state index is -1.22. The van der Waals surface area contributed by atoms with Crippen molar-refractivity contribution in [2.24, 2.45) is 0 Å². The highest BCUT2D eigenvalue weighted by atomic mass is 16.4. The van der Waals surface area contributed by atoms with Crippen LogP contribution in [0.4, 0.5) is 0 Å². The maximum atomic E-state index is 10.0. The van der Waals surface area contributed by atoms with Crippen molar-refractivity contribution in [1.29, 1.82) is 0 Å². The Morgan fingerprint density at radius 1 is 0.947 bits per heavy atom. The van der Waals surface area contributed by atoms with Crippen molar-refractivity contribution in [3.8, 4) is 0 Å². The Labute approximate surface area is 109 Å². The van der Waals surface area contributed by atoms with Crippen LogP contribution in [0.1, 0.15) is 11.7 Å². The Hall–Kier alpha value is -1.88. The molecule has 1 heterocycles. The van der Waals surface area contributed by atoms with Gasteiger partial charge in [-0.05, 0) is 6.07 Å². The van der Waals surface area contributed by atoms with Gasteiger partial charge in [0.05, 0.1) is 6.61 Å². The third-order valence-corrected chi connectivity index (χ3v) is 3.30. The van der Waals surface area contributed by atoms with Crippen LogP contribution in [0.2, 0.25) is 0 Å². The fraction of sp³-hybridized carbons (Fsp3) is 0.200. The summed E-state index contributed by atoms with van der Waals surface area (Å²) in [7, 11) is 0. The molecule has 4 heteroatoms. The van der Waals surface area contributed by atoms with Crippen LogP contribution in [0.5, 0.6) is 0 Å². The molecule has 0 aliphatic carbocycles. The molecule has 0 bridgehead atoms. The first-order valence-corrected chi connectivity index (χ1v) is 6.09. The van der Waals surface area contributed by atoms with Crippen LogP contribution in [0.3, 0.4) is 0 Å². The number of furan rings is 1. The van der Waals surface area contributed by atoms with Gasteiger partial charge in [-0.15, -0.1) is 0 Å². The van der Waals surface area contributed by atoms with E-state index in [0.29, 0.717) is 11.1 Å². The Bertz CT molecular complexity index is 716. The molecule has 2 aromatic carbocycles. The minimum absolute atomic E-state index is 0.482. The van der Waals surface area contributed by atoms with Crippen molar-refractivity contribution < 1.29 is 19.7 Å². The molecule has 0 aliphatic heterocycles. The van der Waals surface area contributed by atoms with Gasteiger partial charge in [0, 0.05) is 16.3 Å². The minimum Gasteiger partial charge on any atom is -0.456 e. The van der Waals surface area contributed by atoms with Crippen LogP contribution < -0.4 is 0 Å². The van der Waals surface area contributed by atoms with E-state index in [1.54, 1.807) is 12.1 Å². The summed E-state index contributed by atoms with van der Waals surface area (Å²) in [5.41, 5.74) is 1.76. The molecule has 0 fully saturated rings. The quantitative estimate of drug-likeness (QED) is 0.671. The highest BCUT2D eigenvalue weighted by Gasteiger charge is 2.22. The molecule has 0 saturated carbocycles. The number of fused-ring (bicyclic) bond motifs is 3. The summed E-state index contributed by atoms with van der Waals surface area (Å²) in [6, 6.07) is 13.0. The summed E-state index contributed by atoms with van der Waals surface area (Å²) in [6.07, 6.45) is -2.40. The molecule has 0 radical (unpaired) electrons. The van der Waals surface area contributed by atoms with E-state index in [9.17, 15) is 10.2 Å². The van der Waals surface area contributed by atoms with Crippen molar-refractivity contribution in [2.75, 3.05) is 6.61 Å². The molecular formula is C15H14O4. The fourth-order valence-electron chi connectivity index (χ4n) is 2.31. The predicted molar refractivity (Wildman–Crippen MR) is 71.8 cm³/mol. The van der Waals surface area contributed by atoms with Gasteiger partial charge in [-0.25, -0.2) is 0 Å². The topological polar surface area (TPSA) is 73.8 Å². The van der Waals surface area contributed by atoms with E-state index in [4.69, 9.17) is 9.52 Å². The molecule has 0 amide bonds. The van der Waals surface area contributed by atoms with Gasteiger partial charge >= 0.3 is 0 Å². The first-order valence-electron chi connectivity index (χ1n) is 6.09. The van der Waals surface area contributed by atoms with Crippen molar-refractivity contribution in [2.45, 2.75) is 12.2 Å². The van der Waals surface area contributed by atoms with E-state index in [1.165, 1.54) is 0 Å². The van der Waals surface area contributed by atoms with Crippen LogP contribution in [0, 0.1) is 0 Å². The van der Waals surface area contributed by atoms with Crippen LogP contribution in [-0.2, 0) is 0 Å². The zero-order chi connectivity index (χ0) is 13.4. The molecule has 3 aromatic rings. The van der Waals surface area contributed by atoms with E-state index in [2.05, 4.69) is 0 Å². The van der Waals surface area contributed by atoms with E-state index in [0.717, 1.165) is 16.4 Å². The van der Waals surface area contributed by atoms with Crippen LogP contribution in [-0.4, -0.2) is 28.0 Å². The predicted octanol–water partition coefficient (Wildman–Crippen LogP) is 1.97. The van der Waals surface area contributed by atoms with Gasteiger partial charge in [0.25, 0.3) is 0 Å². The summed E-state index contributed by atoms with van der Waals surface area (Å²) in [5.74, 6) is 0. The average Bonchev–Trinajstić information content (AvgIpc) is 2.84. The van der Waals surface area contributed by atoms with Gasteiger partial charge in [0.15, 0.2) is 0 Å². The second kappa shape index (κ2) is 4.66. The summed E-state index contributed by atoms with van der Waals surface area (Å²) in [5, 5.41) is 30.4. The van der Waals surface area contributed by atoms with E-state index in [1.807, 2.05) is 30.3 Å². The highest BCUT2D eigenvalue weighted by molar-refractivity contribution is 6.05. The maximum Gasteiger partial charge on any atom is 0.141 e. The first kappa shape index (κ1) is 12.2. The number of aliphatic hydroxyl groups excluding tert-OH is 3. The number of hydrogen-bond donors (Lipinski definition) is 3. The zero-order valence-corrected chi connectivity index (χ0v) is 10.2. The Morgan fingerprint density at radius 3 is 2.47 bits per heavy atom. The van der Waals surface area contributed by atoms with Crippen molar-refractivity contribution in [3.05, 3.63) is 48.0 Å². The van der Waals surface area contributed by atoms with Gasteiger partial charge in [0.1, 0.15) is 23.4 Å². The standard InChI is InChI=1S/C15H14O4/c16-8-12(17)14(18)11-6-3-5-10-9-4-1-2-7-13(9)19-15(10)11/h1-7,12,14,16-18H,8H2. The monoisotopic (exact) mass is 258 g/mol. The molecule has 1 aromatic heterocycles.